The zero-order valence-electron chi connectivity index (χ0n) is 18.9. The Balaban J connectivity index is 2.18. The minimum absolute atomic E-state index is 0.105. The van der Waals surface area contributed by atoms with Crippen LogP contribution >= 0.6 is 0 Å². The highest BCUT2D eigenvalue weighted by molar-refractivity contribution is 5.74. The number of hydrogen-bond acceptors (Lipinski definition) is 7. The normalized spacial score (nSPS) is 14.4. The van der Waals surface area contributed by atoms with Crippen LogP contribution in [0.15, 0.2) is 12.1 Å². The molecule has 31 heavy (non-hydrogen) atoms. The number of methoxy groups -OCH3 is 1. The summed E-state index contributed by atoms with van der Waals surface area (Å²) >= 11 is 0. The minimum Gasteiger partial charge on any atom is -0.480 e. The highest BCUT2D eigenvalue weighted by Gasteiger charge is 2.27. The fraction of sp³-hybridized carbons (Fsp3) is 0.591. The number of carbonyl (C=O) groups is 3. The Morgan fingerprint density at radius 3 is 2.29 bits per heavy atom. The Kier molecular flexibility index (Phi) is 8.27. The van der Waals surface area contributed by atoms with Gasteiger partial charge in [-0.2, -0.15) is 0 Å². The number of benzene rings is 1. The maximum absolute atomic E-state index is 12.3. The third-order valence-electron chi connectivity index (χ3n) is 4.88. The van der Waals surface area contributed by atoms with Gasteiger partial charge in [-0.1, -0.05) is 6.07 Å². The number of piperazine rings is 1. The summed E-state index contributed by atoms with van der Waals surface area (Å²) in [6.07, 6.45) is -0.223. The van der Waals surface area contributed by atoms with Crippen molar-refractivity contribution in [1.29, 1.82) is 0 Å². The van der Waals surface area contributed by atoms with Crippen molar-refractivity contribution in [3.8, 4) is 0 Å². The SMILES string of the molecule is COC(=O)Cc1cc(COCC(=O)O)c(C)c(N2CCN(C(=O)OC(C)(C)C)CC2)c1. The van der Waals surface area contributed by atoms with E-state index in [9.17, 15) is 14.4 Å². The number of carboxylic acids is 1. The molecule has 0 radical (unpaired) electrons. The maximum Gasteiger partial charge on any atom is 0.410 e. The predicted octanol–water partition coefficient (Wildman–Crippen LogP) is 2.37. The Morgan fingerprint density at radius 2 is 1.74 bits per heavy atom. The van der Waals surface area contributed by atoms with Gasteiger partial charge >= 0.3 is 18.0 Å². The van der Waals surface area contributed by atoms with Crippen LogP contribution in [-0.2, 0) is 36.8 Å². The zero-order chi connectivity index (χ0) is 23.2. The summed E-state index contributed by atoms with van der Waals surface area (Å²) in [5, 5.41) is 8.83. The van der Waals surface area contributed by atoms with Gasteiger partial charge in [0.15, 0.2) is 0 Å². The molecule has 0 aromatic heterocycles. The predicted molar refractivity (Wildman–Crippen MR) is 114 cm³/mol. The topological polar surface area (TPSA) is 106 Å². The zero-order valence-corrected chi connectivity index (χ0v) is 18.9. The van der Waals surface area contributed by atoms with E-state index in [0.29, 0.717) is 26.2 Å². The molecule has 2 rings (SSSR count). The van der Waals surface area contributed by atoms with E-state index in [1.807, 2.05) is 39.8 Å². The van der Waals surface area contributed by atoms with E-state index in [4.69, 9.17) is 19.3 Å². The molecule has 172 valence electrons. The van der Waals surface area contributed by atoms with Gasteiger partial charge in [0.25, 0.3) is 0 Å². The van der Waals surface area contributed by atoms with Gasteiger partial charge < -0.3 is 29.1 Å². The summed E-state index contributed by atoms with van der Waals surface area (Å²) in [7, 11) is 1.34. The molecule has 1 heterocycles. The van der Waals surface area contributed by atoms with Crippen molar-refractivity contribution in [3.63, 3.8) is 0 Å². The number of carbonyl (C=O) groups excluding carboxylic acids is 2. The lowest BCUT2D eigenvalue weighted by Gasteiger charge is -2.37. The highest BCUT2D eigenvalue weighted by atomic mass is 16.6. The first-order valence-corrected chi connectivity index (χ1v) is 10.2. The van der Waals surface area contributed by atoms with Gasteiger partial charge in [0.1, 0.15) is 12.2 Å². The number of hydrogen-bond donors (Lipinski definition) is 1. The minimum atomic E-state index is -1.04. The lowest BCUT2D eigenvalue weighted by Crippen LogP contribution is -2.50. The third kappa shape index (κ3) is 7.43. The molecule has 1 aliphatic rings. The van der Waals surface area contributed by atoms with E-state index in [1.165, 1.54) is 7.11 Å². The molecule has 0 spiro atoms. The van der Waals surface area contributed by atoms with Gasteiger partial charge in [-0.3, -0.25) is 4.79 Å². The molecule has 1 amide bonds. The summed E-state index contributed by atoms with van der Waals surface area (Å²) in [6, 6.07) is 3.78. The quantitative estimate of drug-likeness (QED) is 0.650. The molecule has 0 aliphatic carbocycles. The Bertz CT molecular complexity index is 809. The van der Waals surface area contributed by atoms with Crippen LogP contribution in [0.1, 0.15) is 37.5 Å². The number of anilines is 1. The molecule has 0 bridgehead atoms. The molecule has 1 aliphatic heterocycles. The van der Waals surface area contributed by atoms with Crippen molar-refractivity contribution in [2.45, 2.75) is 46.3 Å². The number of amides is 1. The standard InChI is InChI=1S/C22H32N2O7/c1-15-17(13-30-14-19(25)26)10-16(12-20(27)29-5)11-18(15)23-6-8-24(9-7-23)21(28)31-22(2,3)4/h10-11H,6-9,12-14H2,1-5H3,(H,25,26). The Hall–Kier alpha value is -2.81. The van der Waals surface area contributed by atoms with Gasteiger partial charge in [0.2, 0.25) is 0 Å². The van der Waals surface area contributed by atoms with E-state index in [-0.39, 0.29) is 25.1 Å². The van der Waals surface area contributed by atoms with Crippen LogP contribution in [-0.4, -0.2) is 73.5 Å². The number of carboxylic acid groups (broad SMARTS) is 1. The van der Waals surface area contributed by atoms with Crippen molar-refractivity contribution < 1.29 is 33.7 Å². The molecule has 9 heteroatoms. The molecular weight excluding hydrogens is 404 g/mol. The van der Waals surface area contributed by atoms with E-state index in [2.05, 4.69) is 4.90 Å². The Morgan fingerprint density at radius 1 is 1.10 bits per heavy atom. The summed E-state index contributed by atoms with van der Waals surface area (Å²) in [5.74, 6) is -1.40. The molecule has 9 nitrogen and oxygen atoms in total. The Labute approximate surface area is 182 Å². The first kappa shape index (κ1) is 24.5. The molecule has 1 saturated heterocycles. The molecule has 1 fully saturated rings. The van der Waals surface area contributed by atoms with Crippen LogP contribution in [0.4, 0.5) is 10.5 Å². The third-order valence-corrected chi connectivity index (χ3v) is 4.88. The fourth-order valence-corrected chi connectivity index (χ4v) is 3.35. The average Bonchev–Trinajstić information content (AvgIpc) is 2.68. The van der Waals surface area contributed by atoms with Crippen LogP contribution in [0.3, 0.4) is 0 Å². The first-order valence-electron chi connectivity index (χ1n) is 10.2. The van der Waals surface area contributed by atoms with Crippen molar-refractivity contribution in [3.05, 3.63) is 28.8 Å². The molecule has 1 N–H and O–H groups in total. The molecule has 1 aromatic rings. The van der Waals surface area contributed by atoms with Crippen molar-refractivity contribution in [2.24, 2.45) is 0 Å². The van der Waals surface area contributed by atoms with E-state index < -0.39 is 18.2 Å². The summed E-state index contributed by atoms with van der Waals surface area (Å²) < 4.78 is 15.5. The van der Waals surface area contributed by atoms with Gasteiger partial charge in [-0.25, -0.2) is 9.59 Å². The number of esters is 1. The number of rotatable bonds is 7. The smallest absolute Gasteiger partial charge is 0.410 e. The largest absolute Gasteiger partial charge is 0.480 e. The van der Waals surface area contributed by atoms with Crippen LogP contribution < -0.4 is 4.90 Å². The number of aliphatic carboxylic acids is 1. The number of nitrogens with zero attached hydrogens (tertiary/aromatic N) is 2. The molecular formula is C22H32N2O7. The van der Waals surface area contributed by atoms with Crippen molar-refractivity contribution in [2.75, 3.05) is 44.8 Å². The van der Waals surface area contributed by atoms with Gasteiger partial charge in [0, 0.05) is 31.9 Å². The number of ether oxygens (including phenoxy) is 3. The van der Waals surface area contributed by atoms with Crippen LogP contribution in [0.5, 0.6) is 0 Å². The van der Waals surface area contributed by atoms with Crippen molar-refractivity contribution >= 4 is 23.7 Å². The maximum atomic E-state index is 12.3. The van der Waals surface area contributed by atoms with Gasteiger partial charge in [-0.15, -0.1) is 0 Å². The van der Waals surface area contributed by atoms with Crippen LogP contribution in [0.2, 0.25) is 0 Å². The lowest BCUT2D eigenvalue weighted by atomic mass is 10.00. The molecule has 1 aromatic carbocycles. The van der Waals surface area contributed by atoms with Gasteiger partial charge in [-0.05, 0) is 50.5 Å². The summed E-state index contributed by atoms with van der Waals surface area (Å²) in [5.41, 5.74) is 2.91. The molecule has 0 saturated carbocycles. The van der Waals surface area contributed by atoms with Crippen LogP contribution in [0.25, 0.3) is 0 Å². The van der Waals surface area contributed by atoms with Gasteiger partial charge in [0.05, 0.1) is 20.1 Å². The summed E-state index contributed by atoms with van der Waals surface area (Å²) in [4.78, 5) is 38.7. The summed E-state index contributed by atoms with van der Waals surface area (Å²) in [6.45, 7) is 9.43. The first-order chi connectivity index (χ1) is 14.5. The monoisotopic (exact) mass is 436 g/mol. The van der Waals surface area contributed by atoms with E-state index in [1.54, 1.807) is 4.90 Å². The second kappa shape index (κ2) is 10.5. The highest BCUT2D eigenvalue weighted by Crippen LogP contribution is 2.28. The van der Waals surface area contributed by atoms with Crippen LogP contribution in [0, 0.1) is 6.92 Å². The second-order valence-electron chi connectivity index (χ2n) is 8.49. The fourth-order valence-electron chi connectivity index (χ4n) is 3.35. The second-order valence-corrected chi connectivity index (χ2v) is 8.49. The average molecular weight is 437 g/mol. The molecule has 0 atom stereocenters. The van der Waals surface area contributed by atoms with Crippen molar-refractivity contribution in [1.82, 2.24) is 4.90 Å². The van der Waals surface area contributed by atoms with E-state index >= 15 is 0 Å². The molecule has 0 unspecified atom stereocenters. The van der Waals surface area contributed by atoms with E-state index in [0.717, 1.165) is 22.4 Å². The lowest BCUT2D eigenvalue weighted by molar-refractivity contribution is -0.142.